The van der Waals surface area contributed by atoms with Crippen molar-refractivity contribution in [3.8, 4) is 0 Å². The second kappa shape index (κ2) is 6.07. The summed E-state index contributed by atoms with van der Waals surface area (Å²) in [5, 5.41) is 3.78. The van der Waals surface area contributed by atoms with Crippen LogP contribution in [0.15, 0.2) is 41.2 Å². The molecule has 0 saturated carbocycles. The van der Waals surface area contributed by atoms with E-state index in [1.807, 2.05) is 25.1 Å². The number of rotatable bonds is 3. The van der Waals surface area contributed by atoms with Gasteiger partial charge in [-0.2, -0.15) is 0 Å². The number of aryl methyl sites for hydroxylation is 1. The van der Waals surface area contributed by atoms with Gasteiger partial charge in [-0.1, -0.05) is 23.7 Å². The van der Waals surface area contributed by atoms with Crippen LogP contribution in [0.5, 0.6) is 0 Å². The van der Waals surface area contributed by atoms with Gasteiger partial charge in [0.2, 0.25) is 0 Å². The van der Waals surface area contributed by atoms with E-state index in [9.17, 15) is 4.79 Å². The van der Waals surface area contributed by atoms with E-state index < -0.39 is 0 Å². The van der Waals surface area contributed by atoms with Gasteiger partial charge in [0.15, 0.2) is 5.65 Å². The van der Waals surface area contributed by atoms with E-state index in [0.717, 1.165) is 35.9 Å². The first-order valence-electron chi connectivity index (χ1n) is 8.14. The Hall–Kier alpha value is -2.11. The van der Waals surface area contributed by atoms with E-state index in [1.165, 1.54) is 10.1 Å². The predicted octanol–water partition coefficient (Wildman–Crippen LogP) is 2.97. The SMILES string of the molecule is Cc1cc2nc(CN3CC[C@H](c4cccc(Cl)c4)C3)cc(=O)n2[nH]1. The topological polar surface area (TPSA) is 53.4 Å². The second-order valence-electron chi connectivity index (χ2n) is 6.49. The van der Waals surface area contributed by atoms with E-state index in [1.54, 1.807) is 6.07 Å². The largest absolute Gasteiger partial charge is 0.297 e. The van der Waals surface area contributed by atoms with Crippen LogP contribution in [-0.2, 0) is 6.54 Å². The molecular formula is C18H19ClN4O. The van der Waals surface area contributed by atoms with Crippen molar-refractivity contribution in [2.45, 2.75) is 25.8 Å². The number of nitrogens with zero attached hydrogens (tertiary/aromatic N) is 3. The molecule has 6 heteroatoms. The van der Waals surface area contributed by atoms with Gasteiger partial charge in [0.05, 0.1) is 5.69 Å². The Balaban J connectivity index is 1.51. The number of hydrogen-bond acceptors (Lipinski definition) is 3. The first-order chi connectivity index (χ1) is 11.6. The highest BCUT2D eigenvalue weighted by molar-refractivity contribution is 6.30. The molecule has 0 spiro atoms. The van der Waals surface area contributed by atoms with E-state index in [2.05, 4.69) is 27.1 Å². The van der Waals surface area contributed by atoms with Crippen LogP contribution in [0.25, 0.3) is 5.65 Å². The standard InChI is InChI=1S/C18H19ClN4O/c1-12-7-17-20-16(9-18(24)23(17)21-12)11-22-6-5-14(10-22)13-3-2-4-15(19)8-13/h2-4,7-9,14,21H,5-6,10-11H2,1H3/t14-/m0/s1. The normalized spacial score (nSPS) is 18.5. The lowest BCUT2D eigenvalue weighted by atomic mass is 9.99. The van der Waals surface area contributed by atoms with E-state index in [4.69, 9.17) is 11.6 Å². The molecule has 0 unspecified atom stereocenters. The lowest BCUT2D eigenvalue weighted by molar-refractivity contribution is 0.322. The summed E-state index contributed by atoms with van der Waals surface area (Å²) in [6, 6.07) is 11.6. The number of likely N-dealkylation sites (tertiary alicyclic amines) is 1. The number of fused-ring (bicyclic) bond motifs is 1. The van der Waals surface area contributed by atoms with Crippen LogP contribution in [0, 0.1) is 6.92 Å². The maximum Gasteiger partial charge on any atom is 0.272 e. The van der Waals surface area contributed by atoms with Crippen LogP contribution in [0.1, 0.15) is 29.3 Å². The van der Waals surface area contributed by atoms with Crippen molar-refractivity contribution in [2.75, 3.05) is 13.1 Å². The predicted molar refractivity (Wildman–Crippen MR) is 94.6 cm³/mol. The first kappa shape index (κ1) is 15.4. The van der Waals surface area contributed by atoms with Gasteiger partial charge in [0.1, 0.15) is 0 Å². The molecule has 124 valence electrons. The highest BCUT2D eigenvalue weighted by Crippen LogP contribution is 2.29. The van der Waals surface area contributed by atoms with Crippen molar-refractivity contribution in [1.29, 1.82) is 0 Å². The molecule has 5 nitrogen and oxygen atoms in total. The highest BCUT2D eigenvalue weighted by Gasteiger charge is 2.24. The monoisotopic (exact) mass is 342 g/mol. The Morgan fingerprint density at radius 1 is 1.33 bits per heavy atom. The van der Waals surface area contributed by atoms with Gasteiger partial charge in [-0.05, 0) is 43.5 Å². The minimum absolute atomic E-state index is 0.0614. The van der Waals surface area contributed by atoms with E-state index >= 15 is 0 Å². The second-order valence-corrected chi connectivity index (χ2v) is 6.93. The van der Waals surface area contributed by atoms with Gasteiger partial charge in [-0.25, -0.2) is 9.50 Å². The number of aromatic nitrogens is 3. The summed E-state index contributed by atoms with van der Waals surface area (Å²) in [5.74, 6) is 0.489. The molecule has 1 fully saturated rings. The Morgan fingerprint density at radius 3 is 3.04 bits per heavy atom. The summed E-state index contributed by atoms with van der Waals surface area (Å²) in [5.41, 5.74) is 3.66. The molecule has 4 rings (SSSR count). The van der Waals surface area contributed by atoms with Crippen LogP contribution >= 0.6 is 11.6 Å². The van der Waals surface area contributed by atoms with Gasteiger partial charge < -0.3 is 0 Å². The van der Waals surface area contributed by atoms with E-state index in [0.29, 0.717) is 18.1 Å². The fourth-order valence-electron chi connectivity index (χ4n) is 3.48. The van der Waals surface area contributed by atoms with Crippen LogP contribution < -0.4 is 5.56 Å². The van der Waals surface area contributed by atoms with Crippen molar-refractivity contribution in [3.63, 3.8) is 0 Å². The summed E-state index contributed by atoms with van der Waals surface area (Å²) in [6.45, 7) is 4.59. The molecule has 0 bridgehead atoms. The molecule has 1 aliphatic heterocycles. The molecule has 1 atom stereocenters. The van der Waals surface area contributed by atoms with E-state index in [-0.39, 0.29) is 5.56 Å². The van der Waals surface area contributed by atoms with Gasteiger partial charge >= 0.3 is 0 Å². The molecule has 1 N–H and O–H groups in total. The van der Waals surface area contributed by atoms with Gasteiger partial charge in [-0.15, -0.1) is 0 Å². The summed E-state index contributed by atoms with van der Waals surface area (Å²) >= 11 is 6.10. The fraction of sp³-hybridized carbons (Fsp3) is 0.333. The quantitative estimate of drug-likeness (QED) is 0.796. The van der Waals surface area contributed by atoms with Crippen LogP contribution in [0.2, 0.25) is 5.02 Å². The lowest BCUT2D eigenvalue weighted by Crippen LogP contribution is -2.23. The first-order valence-corrected chi connectivity index (χ1v) is 8.52. The summed E-state index contributed by atoms with van der Waals surface area (Å²) in [6.07, 6.45) is 1.10. The van der Waals surface area contributed by atoms with Gasteiger partial charge in [-0.3, -0.25) is 14.8 Å². The van der Waals surface area contributed by atoms with Crippen LogP contribution in [0.3, 0.4) is 0 Å². The molecule has 3 heterocycles. The molecule has 3 aromatic rings. The molecule has 0 radical (unpaired) electrons. The number of H-pyrrole nitrogens is 1. The molecule has 1 aliphatic rings. The van der Waals surface area contributed by atoms with Crippen molar-refractivity contribution < 1.29 is 0 Å². The molecule has 2 aromatic heterocycles. The highest BCUT2D eigenvalue weighted by atomic mass is 35.5. The third kappa shape index (κ3) is 2.97. The number of hydrogen-bond donors (Lipinski definition) is 1. The average Bonchev–Trinajstić information content (AvgIpc) is 3.14. The zero-order chi connectivity index (χ0) is 16.7. The molecule has 0 amide bonds. The molecule has 1 aromatic carbocycles. The minimum atomic E-state index is -0.0614. The minimum Gasteiger partial charge on any atom is -0.297 e. The third-order valence-corrected chi connectivity index (χ3v) is 4.84. The number of benzene rings is 1. The van der Waals surface area contributed by atoms with Crippen molar-refractivity contribution in [2.24, 2.45) is 0 Å². The summed E-state index contributed by atoms with van der Waals surface area (Å²) in [7, 11) is 0. The number of halogens is 1. The zero-order valence-electron chi connectivity index (χ0n) is 13.5. The summed E-state index contributed by atoms with van der Waals surface area (Å²) in [4.78, 5) is 19.1. The smallest absolute Gasteiger partial charge is 0.272 e. The maximum atomic E-state index is 12.2. The Labute approximate surface area is 144 Å². The van der Waals surface area contributed by atoms with Crippen LogP contribution in [-0.4, -0.2) is 32.6 Å². The van der Waals surface area contributed by atoms with Crippen molar-refractivity contribution >= 4 is 17.2 Å². The zero-order valence-corrected chi connectivity index (χ0v) is 14.3. The molecule has 0 aliphatic carbocycles. The lowest BCUT2D eigenvalue weighted by Gasteiger charge is -2.15. The Bertz CT molecular complexity index is 946. The van der Waals surface area contributed by atoms with Gasteiger partial charge in [0, 0.05) is 35.9 Å². The number of nitrogens with one attached hydrogen (secondary N) is 1. The Morgan fingerprint density at radius 2 is 2.21 bits per heavy atom. The molecule has 24 heavy (non-hydrogen) atoms. The molecular weight excluding hydrogens is 324 g/mol. The summed E-state index contributed by atoms with van der Waals surface area (Å²) < 4.78 is 1.48. The van der Waals surface area contributed by atoms with Crippen LogP contribution in [0.4, 0.5) is 0 Å². The van der Waals surface area contributed by atoms with Crippen molar-refractivity contribution in [1.82, 2.24) is 19.5 Å². The third-order valence-electron chi connectivity index (χ3n) is 4.61. The number of aromatic amines is 1. The molecule has 1 saturated heterocycles. The van der Waals surface area contributed by atoms with Crippen molar-refractivity contribution in [3.05, 3.63) is 68.7 Å². The fourth-order valence-corrected chi connectivity index (χ4v) is 3.68. The average molecular weight is 343 g/mol. The van der Waals surface area contributed by atoms with Gasteiger partial charge in [0.25, 0.3) is 5.56 Å². The Kier molecular flexibility index (Phi) is 3.90. The maximum absolute atomic E-state index is 12.2.